The van der Waals surface area contributed by atoms with E-state index >= 15 is 0 Å². The number of halogens is 7. The van der Waals surface area contributed by atoms with E-state index < -0.39 is 3.79 Å². The van der Waals surface area contributed by atoms with Gasteiger partial charge < -0.3 is 0 Å². The predicted molar refractivity (Wildman–Crippen MR) is 64.6 cm³/mol. The molecule has 0 aliphatic heterocycles. The second-order valence-corrected chi connectivity index (χ2v) is 6.05. The summed E-state index contributed by atoms with van der Waals surface area (Å²) >= 11 is 39.9. The Balaban J connectivity index is 3.56. The summed E-state index contributed by atoms with van der Waals surface area (Å²) in [4.78, 5) is 0. The van der Waals surface area contributed by atoms with Gasteiger partial charge in [-0.3, -0.25) is 0 Å². The highest BCUT2D eigenvalue weighted by Crippen LogP contribution is 2.49. The van der Waals surface area contributed by atoms with Crippen molar-refractivity contribution in [3.8, 4) is 0 Å². The first-order valence-electron chi connectivity index (χ1n) is 3.07. The number of hydrogen-bond donors (Lipinski definition) is 0. The van der Waals surface area contributed by atoms with Crippen LogP contribution in [0.5, 0.6) is 0 Å². The molecule has 0 aliphatic carbocycles. The molecule has 0 saturated carbocycles. The first-order valence-corrected chi connectivity index (χ1v) is 5.72. The lowest BCUT2D eigenvalue weighted by molar-refractivity contribution is 1.24. The van der Waals surface area contributed by atoms with E-state index in [1.165, 1.54) is 0 Å². The standard InChI is InChI=1S/C7Cl7/c8-2-1-3(9)6(11)4(5(2)10)7(12,13)14. The zero-order chi connectivity index (χ0) is 11.1. The van der Waals surface area contributed by atoms with Gasteiger partial charge in [-0.25, -0.2) is 0 Å². The molecule has 0 unspecified atom stereocenters. The predicted octanol–water partition coefficient (Wildman–Crippen LogP) is 5.93. The Morgan fingerprint density at radius 2 is 1.14 bits per heavy atom. The lowest BCUT2D eigenvalue weighted by Crippen LogP contribution is -2.03. The molecule has 77 valence electrons. The molecular weight excluding hydrogens is 332 g/mol. The van der Waals surface area contributed by atoms with Crippen LogP contribution in [0.1, 0.15) is 5.56 Å². The van der Waals surface area contributed by atoms with Crippen molar-refractivity contribution in [2.45, 2.75) is 3.79 Å². The first-order chi connectivity index (χ1) is 6.25. The number of benzene rings is 1. The Kier molecular flexibility index (Phi) is 4.40. The van der Waals surface area contributed by atoms with E-state index in [2.05, 4.69) is 6.07 Å². The summed E-state index contributed by atoms with van der Waals surface area (Å²) < 4.78 is -1.78. The summed E-state index contributed by atoms with van der Waals surface area (Å²) in [6.07, 6.45) is 0. The van der Waals surface area contributed by atoms with Gasteiger partial charge in [0.1, 0.15) is 0 Å². The molecular formula is C7Cl7. The largest absolute Gasteiger partial charge is 0.219 e. The van der Waals surface area contributed by atoms with E-state index in [0.717, 1.165) is 0 Å². The molecule has 1 rings (SSSR count). The smallest absolute Gasteiger partial charge is 0.0822 e. The Morgan fingerprint density at radius 1 is 0.786 bits per heavy atom. The lowest BCUT2D eigenvalue weighted by atomic mass is 10.2. The van der Waals surface area contributed by atoms with Crippen LogP contribution in [-0.4, -0.2) is 0 Å². The molecule has 1 aromatic carbocycles. The fourth-order valence-corrected chi connectivity index (χ4v) is 2.67. The van der Waals surface area contributed by atoms with E-state index in [-0.39, 0.29) is 25.7 Å². The summed E-state index contributed by atoms with van der Waals surface area (Å²) in [7, 11) is 0. The Hall–Kier alpha value is 1.25. The van der Waals surface area contributed by atoms with Crippen molar-refractivity contribution in [3.63, 3.8) is 0 Å². The second-order valence-electron chi connectivity index (χ2n) is 2.25. The van der Waals surface area contributed by atoms with Gasteiger partial charge in [0.15, 0.2) is 0 Å². The molecule has 0 aliphatic rings. The van der Waals surface area contributed by atoms with Crippen molar-refractivity contribution in [1.82, 2.24) is 0 Å². The van der Waals surface area contributed by atoms with Crippen molar-refractivity contribution in [1.29, 1.82) is 0 Å². The van der Waals surface area contributed by atoms with E-state index in [0.29, 0.717) is 0 Å². The maximum atomic E-state index is 5.80. The van der Waals surface area contributed by atoms with Crippen LogP contribution in [0.25, 0.3) is 0 Å². The highest BCUT2D eigenvalue weighted by Gasteiger charge is 2.31. The van der Waals surface area contributed by atoms with Crippen molar-refractivity contribution in [2.75, 3.05) is 0 Å². The number of hydrogen-bond acceptors (Lipinski definition) is 0. The first kappa shape index (κ1) is 13.3. The number of alkyl halides is 3. The quantitative estimate of drug-likeness (QED) is 0.408. The van der Waals surface area contributed by atoms with Crippen LogP contribution < -0.4 is 0 Å². The van der Waals surface area contributed by atoms with Crippen molar-refractivity contribution >= 4 is 81.2 Å². The van der Waals surface area contributed by atoms with Gasteiger partial charge in [-0.15, -0.1) is 0 Å². The molecule has 0 N–H and O–H groups in total. The molecule has 0 atom stereocenters. The van der Waals surface area contributed by atoms with E-state index in [1.807, 2.05) is 0 Å². The molecule has 1 radical (unpaired) electrons. The Labute approximate surface area is 116 Å². The van der Waals surface area contributed by atoms with Crippen molar-refractivity contribution in [3.05, 3.63) is 31.7 Å². The zero-order valence-corrected chi connectivity index (χ0v) is 11.4. The maximum Gasteiger partial charge on any atom is 0.219 e. The molecule has 0 heterocycles. The van der Waals surface area contributed by atoms with Crippen LogP contribution >= 0.6 is 81.2 Å². The SMILES string of the molecule is Clc1[c]c(Cl)c(Cl)c(C(Cl)(Cl)Cl)c1Cl. The van der Waals surface area contributed by atoms with Gasteiger partial charge in [-0.1, -0.05) is 81.2 Å². The minimum Gasteiger partial charge on any atom is -0.0822 e. The number of rotatable bonds is 0. The highest BCUT2D eigenvalue weighted by atomic mass is 35.6. The van der Waals surface area contributed by atoms with Gasteiger partial charge in [0.05, 0.1) is 20.1 Å². The maximum absolute atomic E-state index is 5.80. The normalized spacial score (nSPS) is 11.9. The zero-order valence-electron chi connectivity index (χ0n) is 6.15. The molecule has 0 nitrogen and oxygen atoms in total. The van der Waals surface area contributed by atoms with Crippen LogP contribution in [0.3, 0.4) is 0 Å². The minimum atomic E-state index is -1.78. The summed E-state index contributed by atoms with van der Waals surface area (Å²) in [5, 5.41) is 0.173. The average molecular weight is 332 g/mol. The minimum absolute atomic E-state index is 0.0288. The van der Waals surface area contributed by atoms with Crippen molar-refractivity contribution < 1.29 is 0 Å². The second kappa shape index (κ2) is 4.63. The third-order valence-electron chi connectivity index (χ3n) is 1.33. The van der Waals surface area contributed by atoms with Gasteiger partial charge >= 0.3 is 0 Å². The summed E-state index contributed by atoms with van der Waals surface area (Å²) in [6.45, 7) is 0. The van der Waals surface area contributed by atoms with Gasteiger partial charge in [0, 0.05) is 11.6 Å². The lowest BCUT2D eigenvalue weighted by Gasteiger charge is -2.16. The van der Waals surface area contributed by atoms with Crippen LogP contribution in [0.4, 0.5) is 0 Å². The highest BCUT2D eigenvalue weighted by molar-refractivity contribution is 6.68. The van der Waals surface area contributed by atoms with E-state index in [4.69, 9.17) is 81.2 Å². The summed E-state index contributed by atoms with van der Waals surface area (Å²) in [5.41, 5.74) is 0.0552. The Bertz CT molecular complexity index is 339. The topological polar surface area (TPSA) is 0 Å². The van der Waals surface area contributed by atoms with Crippen LogP contribution in [0, 0.1) is 6.07 Å². The van der Waals surface area contributed by atoms with Crippen LogP contribution in [0.2, 0.25) is 20.1 Å². The van der Waals surface area contributed by atoms with Gasteiger partial charge in [-0.05, 0) is 0 Å². The molecule has 7 heteroatoms. The fraction of sp³-hybridized carbons (Fsp3) is 0.143. The molecule has 0 saturated heterocycles. The molecule has 14 heavy (non-hydrogen) atoms. The fourth-order valence-electron chi connectivity index (χ4n) is 0.771. The molecule has 0 spiro atoms. The van der Waals surface area contributed by atoms with Gasteiger partial charge in [-0.2, -0.15) is 0 Å². The molecule has 0 bridgehead atoms. The van der Waals surface area contributed by atoms with Crippen molar-refractivity contribution in [2.24, 2.45) is 0 Å². The summed E-state index contributed by atoms with van der Waals surface area (Å²) in [5.74, 6) is 0. The van der Waals surface area contributed by atoms with E-state index in [9.17, 15) is 0 Å². The third kappa shape index (κ3) is 2.68. The molecule has 1 aromatic rings. The third-order valence-corrected chi connectivity index (χ3v) is 3.41. The Morgan fingerprint density at radius 3 is 1.43 bits per heavy atom. The average Bonchev–Trinajstić information content (AvgIpc) is 1.98. The molecule has 0 fully saturated rings. The van der Waals surface area contributed by atoms with Crippen LogP contribution in [-0.2, 0) is 3.79 Å². The van der Waals surface area contributed by atoms with Gasteiger partial charge in [0.25, 0.3) is 0 Å². The van der Waals surface area contributed by atoms with E-state index in [1.54, 1.807) is 0 Å². The molecule has 0 amide bonds. The van der Waals surface area contributed by atoms with Crippen LogP contribution in [0.15, 0.2) is 0 Å². The molecule has 0 aromatic heterocycles. The van der Waals surface area contributed by atoms with Gasteiger partial charge in [0.2, 0.25) is 3.79 Å². The summed E-state index contributed by atoms with van der Waals surface area (Å²) in [6, 6.07) is 2.51. The monoisotopic (exact) mass is 329 g/mol.